The predicted molar refractivity (Wildman–Crippen MR) is 105 cm³/mol. The van der Waals surface area contributed by atoms with Crippen molar-refractivity contribution in [3.63, 3.8) is 0 Å². The molecule has 3 aromatic carbocycles. The van der Waals surface area contributed by atoms with Gasteiger partial charge in [0.2, 0.25) is 0 Å². The van der Waals surface area contributed by atoms with Crippen LogP contribution < -0.4 is 9.47 Å². The zero-order valence-electron chi connectivity index (χ0n) is 15.0. The number of aromatic hydroxyl groups is 1. The van der Waals surface area contributed by atoms with Gasteiger partial charge in [0.25, 0.3) is 0 Å². The van der Waals surface area contributed by atoms with Crippen LogP contribution in [-0.2, 0) is 6.61 Å². The van der Waals surface area contributed by atoms with Gasteiger partial charge in [-0.15, -0.1) is 0 Å². The van der Waals surface area contributed by atoms with Gasteiger partial charge < -0.3 is 14.6 Å². The van der Waals surface area contributed by atoms with Gasteiger partial charge in [0.05, 0.1) is 12.7 Å². The lowest BCUT2D eigenvalue weighted by atomic mass is 10.1. The van der Waals surface area contributed by atoms with Crippen LogP contribution in [0.15, 0.2) is 78.9 Å². The maximum Gasteiger partial charge on any atom is 0.189 e. The molecule has 0 amide bonds. The largest absolute Gasteiger partial charge is 0.507 e. The van der Waals surface area contributed by atoms with Gasteiger partial charge in [0, 0.05) is 11.6 Å². The summed E-state index contributed by atoms with van der Waals surface area (Å²) in [6.07, 6.45) is 3.10. The average molecular weight is 360 g/mol. The van der Waals surface area contributed by atoms with Crippen LogP contribution in [0, 0.1) is 0 Å². The standard InChI is InChI=1S/C23H20O4/c1-26-19-13-11-18(12-14-22(25)20-9-5-6-10-21(20)24)23(15-19)27-16-17-7-3-2-4-8-17/h2-15,24H,16H2,1H3/b14-12+. The van der Waals surface area contributed by atoms with Gasteiger partial charge >= 0.3 is 0 Å². The molecule has 4 nitrogen and oxygen atoms in total. The van der Waals surface area contributed by atoms with Crippen molar-refractivity contribution in [3.8, 4) is 17.2 Å². The molecule has 4 heteroatoms. The molecular weight excluding hydrogens is 340 g/mol. The number of ether oxygens (including phenoxy) is 2. The van der Waals surface area contributed by atoms with Crippen LogP contribution >= 0.6 is 0 Å². The number of allylic oxidation sites excluding steroid dienone is 1. The highest BCUT2D eigenvalue weighted by atomic mass is 16.5. The first-order valence-corrected chi connectivity index (χ1v) is 8.52. The van der Waals surface area contributed by atoms with E-state index in [0.717, 1.165) is 11.1 Å². The maximum absolute atomic E-state index is 12.3. The molecule has 136 valence electrons. The molecule has 0 saturated carbocycles. The molecular formula is C23H20O4. The molecule has 0 saturated heterocycles. The van der Waals surface area contributed by atoms with Crippen molar-refractivity contribution in [2.24, 2.45) is 0 Å². The Kier molecular flexibility index (Phi) is 5.90. The first-order valence-electron chi connectivity index (χ1n) is 8.52. The second-order valence-electron chi connectivity index (χ2n) is 5.89. The molecule has 0 atom stereocenters. The summed E-state index contributed by atoms with van der Waals surface area (Å²) in [7, 11) is 1.59. The van der Waals surface area contributed by atoms with Gasteiger partial charge in [-0.1, -0.05) is 42.5 Å². The number of phenolic OH excluding ortho intramolecular Hbond substituents is 1. The third kappa shape index (κ3) is 4.76. The summed E-state index contributed by atoms with van der Waals surface area (Å²) in [4.78, 5) is 12.3. The molecule has 3 rings (SSSR count). The van der Waals surface area contributed by atoms with Crippen LogP contribution in [0.1, 0.15) is 21.5 Å². The Morgan fingerprint density at radius 1 is 1.00 bits per heavy atom. The number of hydrogen-bond donors (Lipinski definition) is 1. The molecule has 27 heavy (non-hydrogen) atoms. The zero-order valence-corrected chi connectivity index (χ0v) is 15.0. The highest BCUT2D eigenvalue weighted by molar-refractivity contribution is 6.08. The molecule has 3 aromatic rings. The number of benzene rings is 3. The Labute approximate surface area is 158 Å². The van der Waals surface area contributed by atoms with Crippen molar-refractivity contribution in [2.75, 3.05) is 7.11 Å². The molecule has 0 heterocycles. The quantitative estimate of drug-likeness (QED) is 0.482. The second kappa shape index (κ2) is 8.72. The summed E-state index contributed by atoms with van der Waals surface area (Å²) < 4.78 is 11.2. The minimum atomic E-state index is -0.280. The SMILES string of the molecule is COc1ccc(/C=C/C(=O)c2ccccc2O)c(OCc2ccccc2)c1. The van der Waals surface area contributed by atoms with E-state index in [1.165, 1.54) is 12.1 Å². The zero-order chi connectivity index (χ0) is 19.1. The third-order valence-electron chi connectivity index (χ3n) is 4.04. The Hall–Kier alpha value is -3.53. The van der Waals surface area contributed by atoms with Gasteiger partial charge in [0.15, 0.2) is 5.78 Å². The summed E-state index contributed by atoms with van der Waals surface area (Å²) in [6, 6.07) is 21.7. The Morgan fingerprint density at radius 2 is 1.74 bits per heavy atom. The number of carbonyl (C=O) groups excluding carboxylic acids is 1. The minimum Gasteiger partial charge on any atom is -0.507 e. The first kappa shape index (κ1) is 18.3. The van der Waals surface area contributed by atoms with Crippen molar-refractivity contribution in [2.45, 2.75) is 6.61 Å². The maximum atomic E-state index is 12.3. The lowest BCUT2D eigenvalue weighted by Gasteiger charge is -2.11. The molecule has 0 aromatic heterocycles. The van der Waals surface area contributed by atoms with E-state index in [-0.39, 0.29) is 17.1 Å². The molecule has 0 unspecified atom stereocenters. The highest BCUT2D eigenvalue weighted by Gasteiger charge is 2.09. The van der Waals surface area contributed by atoms with Crippen LogP contribution in [0.5, 0.6) is 17.2 Å². The Bertz CT molecular complexity index is 946. The number of hydrogen-bond acceptors (Lipinski definition) is 4. The highest BCUT2D eigenvalue weighted by Crippen LogP contribution is 2.27. The van der Waals surface area contributed by atoms with Crippen molar-refractivity contribution >= 4 is 11.9 Å². The van der Waals surface area contributed by atoms with Gasteiger partial charge in [-0.2, -0.15) is 0 Å². The lowest BCUT2D eigenvalue weighted by molar-refractivity contribution is 0.104. The smallest absolute Gasteiger partial charge is 0.189 e. The van der Waals surface area contributed by atoms with E-state index in [9.17, 15) is 9.90 Å². The third-order valence-corrected chi connectivity index (χ3v) is 4.04. The second-order valence-corrected chi connectivity index (χ2v) is 5.89. The van der Waals surface area contributed by atoms with Crippen LogP contribution in [0.3, 0.4) is 0 Å². The number of rotatable bonds is 7. The van der Waals surface area contributed by atoms with Gasteiger partial charge in [-0.3, -0.25) is 4.79 Å². The number of para-hydroxylation sites is 1. The van der Waals surface area contributed by atoms with Crippen LogP contribution in [0.4, 0.5) is 0 Å². The number of methoxy groups -OCH3 is 1. The number of carbonyl (C=O) groups is 1. The van der Waals surface area contributed by atoms with Crippen LogP contribution in [-0.4, -0.2) is 18.0 Å². The average Bonchev–Trinajstić information content (AvgIpc) is 2.71. The minimum absolute atomic E-state index is 0.0394. The molecule has 0 aliphatic heterocycles. The number of ketones is 1. The number of phenols is 1. The van der Waals surface area contributed by atoms with E-state index in [1.807, 2.05) is 36.4 Å². The molecule has 0 spiro atoms. The fourth-order valence-electron chi connectivity index (χ4n) is 2.58. The summed E-state index contributed by atoms with van der Waals surface area (Å²) in [5.41, 5.74) is 2.05. The predicted octanol–water partition coefficient (Wildman–Crippen LogP) is 4.88. The fourth-order valence-corrected chi connectivity index (χ4v) is 2.58. The van der Waals surface area contributed by atoms with Crippen molar-refractivity contribution in [1.29, 1.82) is 0 Å². The first-order chi connectivity index (χ1) is 13.2. The van der Waals surface area contributed by atoms with E-state index < -0.39 is 0 Å². The normalized spacial score (nSPS) is 10.7. The molecule has 0 aliphatic rings. The molecule has 0 radical (unpaired) electrons. The monoisotopic (exact) mass is 360 g/mol. The topological polar surface area (TPSA) is 55.8 Å². The van der Waals surface area contributed by atoms with E-state index in [2.05, 4.69) is 0 Å². The molecule has 1 N–H and O–H groups in total. The van der Waals surface area contributed by atoms with Gasteiger partial charge in [-0.25, -0.2) is 0 Å². The summed E-state index contributed by atoms with van der Waals surface area (Å²) in [6.45, 7) is 0.405. The molecule has 0 aliphatic carbocycles. The van der Waals surface area contributed by atoms with Crippen LogP contribution in [0.25, 0.3) is 6.08 Å². The van der Waals surface area contributed by atoms with Gasteiger partial charge in [-0.05, 0) is 42.0 Å². The van der Waals surface area contributed by atoms with E-state index in [4.69, 9.17) is 9.47 Å². The molecule has 0 bridgehead atoms. The van der Waals surface area contributed by atoms with Crippen molar-refractivity contribution in [1.82, 2.24) is 0 Å². The van der Waals surface area contributed by atoms with E-state index >= 15 is 0 Å². The summed E-state index contributed by atoms with van der Waals surface area (Å²) in [5, 5.41) is 9.82. The van der Waals surface area contributed by atoms with E-state index in [1.54, 1.807) is 43.5 Å². The Balaban J connectivity index is 1.81. The lowest BCUT2D eigenvalue weighted by Crippen LogP contribution is -1.98. The molecule has 0 fully saturated rings. The summed E-state index contributed by atoms with van der Waals surface area (Å²) in [5.74, 6) is 0.960. The summed E-state index contributed by atoms with van der Waals surface area (Å²) >= 11 is 0. The van der Waals surface area contributed by atoms with Crippen molar-refractivity contribution < 1.29 is 19.4 Å². The Morgan fingerprint density at radius 3 is 2.48 bits per heavy atom. The van der Waals surface area contributed by atoms with E-state index in [0.29, 0.717) is 18.1 Å². The fraction of sp³-hybridized carbons (Fsp3) is 0.0870. The van der Waals surface area contributed by atoms with Crippen molar-refractivity contribution in [3.05, 3.63) is 95.6 Å². The van der Waals surface area contributed by atoms with Gasteiger partial charge in [0.1, 0.15) is 23.9 Å². The van der Waals surface area contributed by atoms with Crippen LogP contribution in [0.2, 0.25) is 0 Å².